The number of ether oxygens (including phenoxy) is 1. The largest absolute Gasteiger partial charge is 0.464 e. The van der Waals surface area contributed by atoms with Crippen molar-refractivity contribution in [2.75, 3.05) is 12.4 Å². The summed E-state index contributed by atoms with van der Waals surface area (Å²) in [5.74, 6) is 1.46. The molecule has 5 heteroatoms. The van der Waals surface area contributed by atoms with E-state index in [1.165, 1.54) is 32.1 Å². The third-order valence-corrected chi connectivity index (χ3v) is 6.43. The van der Waals surface area contributed by atoms with Crippen LogP contribution in [0, 0.1) is 11.8 Å². The lowest BCUT2D eigenvalue weighted by Gasteiger charge is -2.35. The average molecular weight is 356 g/mol. The summed E-state index contributed by atoms with van der Waals surface area (Å²) in [5, 5.41) is 0.167. The van der Waals surface area contributed by atoms with Gasteiger partial charge >= 0.3 is 5.97 Å². The van der Waals surface area contributed by atoms with Gasteiger partial charge in [-0.05, 0) is 31.1 Å². The molecule has 1 amide bonds. The molecular weight excluding hydrogens is 322 g/mol. The zero-order valence-electron chi connectivity index (χ0n) is 15.5. The van der Waals surface area contributed by atoms with Gasteiger partial charge in [0.2, 0.25) is 5.91 Å². The molecule has 0 aromatic rings. The predicted octanol–water partition coefficient (Wildman–Crippen LogP) is 4.23. The Kier molecular flexibility index (Phi) is 7.92. The van der Waals surface area contributed by atoms with Crippen LogP contribution in [0.2, 0.25) is 0 Å². The van der Waals surface area contributed by atoms with Crippen LogP contribution in [-0.2, 0) is 14.3 Å². The Bertz CT molecular complexity index is 421. The van der Waals surface area contributed by atoms with Crippen molar-refractivity contribution in [2.45, 2.75) is 83.6 Å². The van der Waals surface area contributed by atoms with Crippen LogP contribution in [0.25, 0.3) is 0 Å². The molecule has 2 unspecified atom stereocenters. The summed E-state index contributed by atoms with van der Waals surface area (Å²) in [7, 11) is 0. The molecule has 2 atom stereocenters. The molecular formula is C19H33NO3S. The van der Waals surface area contributed by atoms with E-state index in [9.17, 15) is 9.59 Å². The first-order valence-corrected chi connectivity index (χ1v) is 10.7. The molecule has 24 heavy (non-hydrogen) atoms. The number of esters is 1. The van der Waals surface area contributed by atoms with Crippen LogP contribution in [0.5, 0.6) is 0 Å². The molecule has 1 heterocycles. The second-order valence-electron chi connectivity index (χ2n) is 7.56. The highest BCUT2D eigenvalue weighted by atomic mass is 32.2. The van der Waals surface area contributed by atoms with Crippen molar-refractivity contribution in [3.63, 3.8) is 0 Å². The molecule has 1 aliphatic carbocycles. The van der Waals surface area contributed by atoms with E-state index in [1.807, 2.05) is 4.90 Å². The Morgan fingerprint density at radius 2 is 1.92 bits per heavy atom. The SMILES string of the molecule is CCCCOC(=O)C1CSC(C2CCCCC2)N1C(=O)CC(C)C. The molecule has 0 aromatic heterocycles. The van der Waals surface area contributed by atoms with Crippen LogP contribution in [0.3, 0.4) is 0 Å². The van der Waals surface area contributed by atoms with Crippen LogP contribution in [0.1, 0.15) is 72.1 Å². The summed E-state index contributed by atoms with van der Waals surface area (Å²) in [4.78, 5) is 27.3. The fourth-order valence-electron chi connectivity index (χ4n) is 3.68. The van der Waals surface area contributed by atoms with Crippen molar-refractivity contribution in [2.24, 2.45) is 11.8 Å². The number of nitrogens with zero attached hydrogens (tertiary/aromatic N) is 1. The Labute approximate surface area is 151 Å². The van der Waals surface area contributed by atoms with Crippen molar-refractivity contribution in [3.8, 4) is 0 Å². The molecule has 2 aliphatic rings. The second-order valence-corrected chi connectivity index (χ2v) is 8.71. The number of hydrogen-bond donors (Lipinski definition) is 0. The van der Waals surface area contributed by atoms with Crippen LogP contribution >= 0.6 is 11.8 Å². The first-order valence-electron chi connectivity index (χ1n) is 9.64. The first-order chi connectivity index (χ1) is 11.5. The zero-order chi connectivity index (χ0) is 17.5. The van der Waals surface area contributed by atoms with Gasteiger partial charge in [-0.2, -0.15) is 0 Å². The molecule has 2 fully saturated rings. The maximum atomic E-state index is 12.9. The van der Waals surface area contributed by atoms with E-state index in [1.54, 1.807) is 11.8 Å². The molecule has 2 rings (SSSR count). The van der Waals surface area contributed by atoms with Gasteiger partial charge in [-0.3, -0.25) is 4.79 Å². The first kappa shape index (κ1) is 19.6. The quantitative estimate of drug-likeness (QED) is 0.506. The topological polar surface area (TPSA) is 46.6 Å². The number of rotatable bonds is 7. The van der Waals surface area contributed by atoms with Gasteiger partial charge in [-0.25, -0.2) is 4.79 Å². The normalized spacial score (nSPS) is 25.2. The zero-order valence-corrected chi connectivity index (χ0v) is 16.3. The van der Waals surface area contributed by atoms with Crippen LogP contribution in [-0.4, -0.2) is 40.6 Å². The molecule has 1 saturated carbocycles. The number of unbranched alkanes of at least 4 members (excludes halogenated alkanes) is 1. The summed E-state index contributed by atoms with van der Waals surface area (Å²) >= 11 is 1.79. The van der Waals surface area contributed by atoms with Gasteiger partial charge in [-0.1, -0.05) is 46.5 Å². The van der Waals surface area contributed by atoms with Crippen molar-refractivity contribution in [1.82, 2.24) is 4.90 Å². The number of carbonyl (C=O) groups excluding carboxylic acids is 2. The summed E-state index contributed by atoms with van der Waals surface area (Å²) in [6.45, 7) is 6.67. The molecule has 1 aliphatic heterocycles. The van der Waals surface area contributed by atoms with E-state index in [0.717, 1.165) is 12.8 Å². The number of amides is 1. The molecule has 1 saturated heterocycles. The maximum Gasteiger partial charge on any atom is 0.329 e. The van der Waals surface area contributed by atoms with E-state index in [2.05, 4.69) is 20.8 Å². The van der Waals surface area contributed by atoms with Gasteiger partial charge in [0.1, 0.15) is 6.04 Å². The predicted molar refractivity (Wildman–Crippen MR) is 98.8 cm³/mol. The van der Waals surface area contributed by atoms with E-state index in [-0.39, 0.29) is 23.3 Å². The van der Waals surface area contributed by atoms with Gasteiger partial charge in [0.05, 0.1) is 12.0 Å². The molecule has 0 spiro atoms. The average Bonchev–Trinajstić information content (AvgIpc) is 3.00. The van der Waals surface area contributed by atoms with Crippen LogP contribution in [0.15, 0.2) is 0 Å². The highest BCUT2D eigenvalue weighted by Crippen LogP contribution is 2.41. The number of hydrogen-bond acceptors (Lipinski definition) is 4. The Balaban J connectivity index is 2.07. The lowest BCUT2D eigenvalue weighted by atomic mass is 9.88. The standard InChI is InChI=1S/C19H33NO3S/c1-4-5-11-23-19(22)16-13-24-18(15-9-7-6-8-10-15)20(16)17(21)12-14(2)3/h14-16,18H,4-13H2,1-3H3. The van der Waals surface area contributed by atoms with Crippen molar-refractivity contribution >= 4 is 23.6 Å². The third kappa shape index (κ3) is 5.14. The van der Waals surface area contributed by atoms with E-state index >= 15 is 0 Å². The number of thioether (sulfide) groups is 1. The summed E-state index contributed by atoms with van der Waals surface area (Å²) in [6, 6.07) is -0.384. The fourth-order valence-corrected chi connectivity index (χ4v) is 5.32. The smallest absolute Gasteiger partial charge is 0.329 e. The summed E-state index contributed by atoms with van der Waals surface area (Å²) < 4.78 is 5.44. The van der Waals surface area contributed by atoms with Gasteiger partial charge in [0.25, 0.3) is 0 Å². The minimum atomic E-state index is -0.384. The molecule has 138 valence electrons. The monoisotopic (exact) mass is 355 g/mol. The molecule has 0 bridgehead atoms. The lowest BCUT2D eigenvalue weighted by molar-refractivity contribution is -0.155. The third-order valence-electron chi connectivity index (χ3n) is 4.97. The fraction of sp³-hybridized carbons (Fsp3) is 0.895. The Hall–Kier alpha value is -0.710. The van der Waals surface area contributed by atoms with Gasteiger partial charge in [0, 0.05) is 12.2 Å². The van der Waals surface area contributed by atoms with Crippen molar-refractivity contribution in [1.29, 1.82) is 0 Å². The lowest BCUT2D eigenvalue weighted by Crippen LogP contribution is -2.49. The van der Waals surface area contributed by atoms with Gasteiger partial charge in [-0.15, -0.1) is 11.8 Å². The van der Waals surface area contributed by atoms with E-state index in [4.69, 9.17) is 4.74 Å². The molecule has 0 N–H and O–H groups in total. The van der Waals surface area contributed by atoms with Crippen molar-refractivity contribution < 1.29 is 14.3 Å². The summed E-state index contributed by atoms with van der Waals surface area (Å²) in [6.07, 6.45) is 8.57. The number of carbonyl (C=O) groups is 2. The second kappa shape index (κ2) is 9.69. The highest BCUT2D eigenvalue weighted by molar-refractivity contribution is 8.00. The maximum absolute atomic E-state index is 12.9. The van der Waals surface area contributed by atoms with Crippen LogP contribution < -0.4 is 0 Å². The minimum Gasteiger partial charge on any atom is -0.464 e. The van der Waals surface area contributed by atoms with Gasteiger partial charge < -0.3 is 9.64 Å². The van der Waals surface area contributed by atoms with E-state index in [0.29, 0.717) is 30.6 Å². The van der Waals surface area contributed by atoms with Gasteiger partial charge in [0.15, 0.2) is 0 Å². The molecule has 0 radical (unpaired) electrons. The minimum absolute atomic E-state index is 0.128. The van der Waals surface area contributed by atoms with Crippen molar-refractivity contribution in [3.05, 3.63) is 0 Å². The molecule has 4 nitrogen and oxygen atoms in total. The Morgan fingerprint density at radius 1 is 1.21 bits per heavy atom. The highest BCUT2D eigenvalue weighted by Gasteiger charge is 2.45. The van der Waals surface area contributed by atoms with Crippen LogP contribution in [0.4, 0.5) is 0 Å². The Morgan fingerprint density at radius 3 is 2.54 bits per heavy atom. The molecule has 0 aromatic carbocycles. The summed E-state index contributed by atoms with van der Waals surface area (Å²) in [5.41, 5.74) is 0. The van der Waals surface area contributed by atoms with E-state index < -0.39 is 0 Å².